The minimum Gasteiger partial charge on any atom is -0.477 e. The molecule has 1 saturated carbocycles. The largest absolute Gasteiger partial charge is 0.477 e. The fourth-order valence-corrected chi connectivity index (χ4v) is 2.97. The van der Waals surface area contributed by atoms with Gasteiger partial charge in [0.15, 0.2) is 0 Å². The Morgan fingerprint density at radius 2 is 1.92 bits per heavy atom. The lowest BCUT2D eigenvalue weighted by Crippen LogP contribution is -2.19. The summed E-state index contributed by atoms with van der Waals surface area (Å²) in [5, 5.41) is 0.662. The van der Waals surface area contributed by atoms with Gasteiger partial charge in [-0.3, -0.25) is 0 Å². The van der Waals surface area contributed by atoms with E-state index in [-0.39, 0.29) is 5.95 Å². The summed E-state index contributed by atoms with van der Waals surface area (Å²) in [6, 6.07) is 8.73. The van der Waals surface area contributed by atoms with Crippen LogP contribution in [0.3, 0.4) is 0 Å². The standard InChI is InChI=1S/C19H17F2N3O/c20-13-5-6-14(16(21)9-13)12-4-7-17-15(8-12)18(24-19(22)23-17)25-10-11-2-1-3-11/h4-9,11H,1-3,10H2,(H2,22,23,24). The molecule has 0 atom stereocenters. The predicted molar refractivity (Wildman–Crippen MR) is 92.1 cm³/mol. The van der Waals surface area contributed by atoms with Crippen LogP contribution in [0.2, 0.25) is 0 Å². The van der Waals surface area contributed by atoms with E-state index in [0.29, 0.717) is 40.4 Å². The van der Waals surface area contributed by atoms with Crippen LogP contribution in [0.5, 0.6) is 5.88 Å². The molecule has 25 heavy (non-hydrogen) atoms. The molecule has 4 nitrogen and oxygen atoms in total. The van der Waals surface area contributed by atoms with Crippen LogP contribution in [0, 0.1) is 17.6 Å². The SMILES string of the molecule is Nc1nc(OCC2CCC2)c2cc(-c3ccc(F)cc3F)ccc2n1. The van der Waals surface area contributed by atoms with Crippen LogP contribution in [0.15, 0.2) is 36.4 Å². The molecule has 1 fully saturated rings. The number of nitrogen functional groups attached to an aromatic ring is 1. The molecule has 0 unspecified atom stereocenters. The summed E-state index contributed by atoms with van der Waals surface area (Å²) < 4.78 is 33.1. The molecule has 6 heteroatoms. The van der Waals surface area contributed by atoms with Gasteiger partial charge in [-0.25, -0.2) is 13.8 Å². The molecule has 2 N–H and O–H groups in total. The van der Waals surface area contributed by atoms with Crippen LogP contribution in [0.1, 0.15) is 19.3 Å². The van der Waals surface area contributed by atoms with Gasteiger partial charge in [-0.15, -0.1) is 0 Å². The van der Waals surface area contributed by atoms with Gasteiger partial charge in [0.1, 0.15) is 11.6 Å². The number of hydrogen-bond acceptors (Lipinski definition) is 4. The summed E-state index contributed by atoms with van der Waals surface area (Å²) in [6.45, 7) is 0.584. The number of anilines is 1. The summed E-state index contributed by atoms with van der Waals surface area (Å²) in [6.07, 6.45) is 3.55. The lowest BCUT2D eigenvalue weighted by molar-refractivity contribution is 0.177. The van der Waals surface area contributed by atoms with Gasteiger partial charge in [0.2, 0.25) is 11.8 Å². The zero-order valence-electron chi connectivity index (χ0n) is 13.5. The molecule has 1 aliphatic rings. The number of aromatic nitrogens is 2. The summed E-state index contributed by atoms with van der Waals surface area (Å²) in [4.78, 5) is 8.40. The van der Waals surface area contributed by atoms with Crippen LogP contribution in [-0.2, 0) is 0 Å². The molecule has 2 aromatic carbocycles. The van der Waals surface area contributed by atoms with Crippen LogP contribution in [0.4, 0.5) is 14.7 Å². The van der Waals surface area contributed by atoms with Gasteiger partial charge in [-0.05, 0) is 48.6 Å². The first kappa shape index (κ1) is 15.7. The van der Waals surface area contributed by atoms with Gasteiger partial charge < -0.3 is 10.5 Å². The number of halogens is 2. The van der Waals surface area contributed by atoms with Gasteiger partial charge in [0.25, 0.3) is 0 Å². The van der Waals surface area contributed by atoms with Crippen molar-refractivity contribution in [2.45, 2.75) is 19.3 Å². The third-order valence-electron chi connectivity index (χ3n) is 4.60. The van der Waals surface area contributed by atoms with E-state index in [1.165, 1.54) is 18.6 Å². The zero-order valence-corrected chi connectivity index (χ0v) is 13.5. The van der Waals surface area contributed by atoms with Crippen molar-refractivity contribution in [1.82, 2.24) is 9.97 Å². The van der Waals surface area contributed by atoms with E-state index in [2.05, 4.69) is 9.97 Å². The lowest BCUT2D eigenvalue weighted by Gasteiger charge is -2.25. The van der Waals surface area contributed by atoms with Crippen molar-refractivity contribution >= 4 is 16.9 Å². The Kier molecular flexibility index (Phi) is 3.95. The molecule has 3 aromatic rings. The molecule has 1 aromatic heterocycles. The second-order valence-corrected chi connectivity index (χ2v) is 6.35. The first-order valence-electron chi connectivity index (χ1n) is 8.25. The van der Waals surface area contributed by atoms with Crippen molar-refractivity contribution in [1.29, 1.82) is 0 Å². The Hall–Kier alpha value is -2.76. The molecular formula is C19H17F2N3O. The summed E-state index contributed by atoms with van der Waals surface area (Å²) in [5.74, 6) is -0.144. The molecule has 128 valence electrons. The normalized spacial score (nSPS) is 14.5. The molecule has 0 saturated heterocycles. The summed E-state index contributed by atoms with van der Waals surface area (Å²) in [7, 11) is 0. The molecule has 4 rings (SSSR count). The highest BCUT2D eigenvalue weighted by molar-refractivity contribution is 5.89. The molecule has 0 amide bonds. The molecule has 0 bridgehead atoms. The van der Waals surface area contributed by atoms with E-state index in [0.717, 1.165) is 18.9 Å². The minimum atomic E-state index is -0.618. The fraction of sp³-hybridized carbons (Fsp3) is 0.263. The molecule has 1 aliphatic carbocycles. The van der Waals surface area contributed by atoms with Gasteiger partial charge in [0.05, 0.1) is 17.5 Å². The molecule has 0 aliphatic heterocycles. The zero-order chi connectivity index (χ0) is 17.4. The number of nitrogens with two attached hydrogens (primary N) is 1. The third kappa shape index (κ3) is 3.12. The summed E-state index contributed by atoms with van der Waals surface area (Å²) in [5.41, 5.74) is 7.30. The maximum atomic E-state index is 14.1. The highest BCUT2D eigenvalue weighted by atomic mass is 19.1. The maximum absolute atomic E-state index is 14.1. The van der Waals surface area contributed by atoms with E-state index < -0.39 is 11.6 Å². The predicted octanol–water partition coefficient (Wildman–Crippen LogP) is 4.34. The van der Waals surface area contributed by atoms with Crippen LogP contribution >= 0.6 is 0 Å². The number of nitrogens with zero attached hydrogens (tertiary/aromatic N) is 2. The van der Waals surface area contributed by atoms with Crippen molar-refractivity contribution in [3.8, 4) is 17.0 Å². The first-order chi connectivity index (χ1) is 12.1. The minimum absolute atomic E-state index is 0.136. The second kappa shape index (κ2) is 6.27. The second-order valence-electron chi connectivity index (χ2n) is 6.35. The Balaban J connectivity index is 1.76. The van der Waals surface area contributed by atoms with Crippen molar-refractivity contribution in [2.24, 2.45) is 5.92 Å². The third-order valence-corrected chi connectivity index (χ3v) is 4.60. The van der Waals surface area contributed by atoms with E-state index in [9.17, 15) is 8.78 Å². The lowest BCUT2D eigenvalue weighted by atomic mass is 9.86. The molecule has 0 spiro atoms. The summed E-state index contributed by atoms with van der Waals surface area (Å²) >= 11 is 0. The number of fused-ring (bicyclic) bond motifs is 1. The maximum Gasteiger partial charge on any atom is 0.226 e. The number of benzene rings is 2. The van der Waals surface area contributed by atoms with Gasteiger partial charge in [0, 0.05) is 11.6 Å². The van der Waals surface area contributed by atoms with Crippen LogP contribution in [0.25, 0.3) is 22.0 Å². The van der Waals surface area contributed by atoms with E-state index in [4.69, 9.17) is 10.5 Å². The van der Waals surface area contributed by atoms with E-state index in [1.807, 2.05) is 0 Å². The quantitative estimate of drug-likeness (QED) is 0.767. The topological polar surface area (TPSA) is 61.0 Å². The number of hydrogen-bond donors (Lipinski definition) is 1. The Bertz CT molecular complexity index is 941. The monoisotopic (exact) mass is 341 g/mol. The first-order valence-corrected chi connectivity index (χ1v) is 8.25. The molecule has 1 heterocycles. The fourth-order valence-electron chi connectivity index (χ4n) is 2.97. The average molecular weight is 341 g/mol. The van der Waals surface area contributed by atoms with E-state index >= 15 is 0 Å². The van der Waals surface area contributed by atoms with Crippen molar-refractivity contribution in [3.05, 3.63) is 48.0 Å². The Labute approximate surface area is 143 Å². The Morgan fingerprint density at radius 3 is 2.64 bits per heavy atom. The van der Waals surface area contributed by atoms with Crippen molar-refractivity contribution in [2.75, 3.05) is 12.3 Å². The van der Waals surface area contributed by atoms with Gasteiger partial charge in [-0.2, -0.15) is 4.98 Å². The highest BCUT2D eigenvalue weighted by Gasteiger charge is 2.19. The van der Waals surface area contributed by atoms with Gasteiger partial charge >= 0.3 is 0 Å². The number of ether oxygens (including phenoxy) is 1. The highest BCUT2D eigenvalue weighted by Crippen LogP contribution is 2.32. The number of rotatable bonds is 4. The smallest absolute Gasteiger partial charge is 0.226 e. The van der Waals surface area contributed by atoms with Crippen LogP contribution < -0.4 is 10.5 Å². The van der Waals surface area contributed by atoms with Gasteiger partial charge in [-0.1, -0.05) is 12.5 Å². The average Bonchev–Trinajstić information content (AvgIpc) is 2.53. The van der Waals surface area contributed by atoms with E-state index in [1.54, 1.807) is 18.2 Å². The molecule has 0 radical (unpaired) electrons. The van der Waals surface area contributed by atoms with Crippen LogP contribution in [-0.4, -0.2) is 16.6 Å². The van der Waals surface area contributed by atoms with Crippen molar-refractivity contribution < 1.29 is 13.5 Å². The molecular weight excluding hydrogens is 324 g/mol. The Morgan fingerprint density at radius 1 is 1.08 bits per heavy atom. The van der Waals surface area contributed by atoms with Crippen molar-refractivity contribution in [3.63, 3.8) is 0 Å².